The van der Waals surface area contributed by atoms with Crippen LogP contribution in [0.25, 0.3) is 0 Å². The Kier molecular flexibility index (Phi) is 6.14. The number of carbonyl (C=O) groups excluding carboxylic acids is 1. The molecule has 3 rings (SSSR count). The van der Waals surface area contributed by atoms with Crippen LogP contribution in [0.15, 0.2) is 54.6 Å². The van der Waals surface area contributed by atoms with Crippen LogP contribution in [0.5, 0.6) is 0 Å². The van der Waals surface area contributed by atoms with E-state index in [1.807, 2.05) is 0 Å². The Balaban J connectivity index is 1.74. The van der Waals surface area contributed by atoms with Crippen molar-refractivity contribution in [3.8, 4) is 0 Å². The largest absolute Gasteiger partial charge is 0.377 e. The number of sulfonamides is 1. The number of rotatable bonds is 8. The molecule has 0 saturated carbocycles. The van der Waals surface area contributed by atoms with E-state index in [1.54, 1.807) is 42.5 Å². The summed E-state index contributed by atoms with van der Waals surface area (Å²) in [6, 6.07) is 14.5. The number of aliphatic hydroxyl groups is 1. The van der Waals surface area contributed by atoms with Crippen molar-refractivity contribution in [1.29, 1.82) is 0 Å². The summed E-state index contributed by atoms with van der Waals surface area (Å²) < 4.78 is 32.5. The topological polar surface area (TPSA) is 119 Å². The normalized spacial score (nSPS) is 19.2. The van der Waals surface area contributed by atoms with Gasteiger partial charge in [0.15, 0.2) is 5.60 Å². The average molecular weight is 404 g/mol. The molecule has 8 heteroatoms. The van der Waals surface area contributed by atoms with Gasteiger partial charge in [-0.1, -0.05) is 54.6 Å². The van der Waals surface area contributed by atoms with Gasteiger partial charge in [0, 0.05) is 13.2 Å². The number of benzene rings is 2. The van der Waals surface area contributed by atoms with E-state index in [0.717, 1.165) is 12.8 Å². The molecule has 150 valence electrons. The number of amides is 1. The first-order valence-electron chi connectivity index (χ1n) is 9.07. The number of nitrogens with two attached hydrogens (primary N) is 1. The van der Waals surface area contributed by atoms with E-state index in [1.165, 1.54) is 12.1 Å². The molecule has 2 unspecified atom stereocenters. The second-order valence-corrected chi connectivity index (χ2v) is 8.69. The molecule has 1 aliphatic heterocycles. The maximum atomic E-state index is 12.3. The van der Waals surface area contributed by atoms with Gasteiger partial charge in [-0.05, 0) is 29.5 Å². The molecule has 2 aromatic rings. The van der Waals surface area contributed by atoms with Crippen LogP contribution in [-0.4, -0.2) is 38.7 Å². The summed E-state index contributed by atoms with van der Waals surface area (Å²) in [6.07, 6.45) is 1.72. The highest BCUT2D eigenvalue weighted by Gasteiger charge is 2.38. The quantitative estimate of drug-likeness (QED) is 0.607. The first-order valence-corrected chi connectivity index (χ1v) is 10.7. The minimum Gasteiger partial charge on any atom is -0.377 e. The van der Waals surface area contributed by atoms with Gasteiger partial charge in [0.25, 0.3) is 5.91 Å². The highest BCUT2D eigenvalue weighted by Crippen LogP contribution is 2.29. The van der Waals surface area contributed by atoms with Crippen LogP contribution in [-0.2, 0) is 30.9 Å². The maximum Gasteiger partial charge on any atom is 0.258 e. The van der Waals surface area contributed by atoms with Crippen LogP contribution in [0.3, 0.4) is 0 Å². The zero-order valence-corrected chi connectivity index (χ0v) is 16.2. The predicted octanol–water partition coefficient (Wildman–Crippen LogP) is 1.01. The van der Waals surface area contributed by atoms with Crippen molar-refractivity contribution < 1.29 is 23.1 Å². The zero-order valence-electron chi connectivity index (χ0n) is 15.4. The fourth-order valence-corrected chi connectivity index (χ4v) is 4.44. The van der Waals surface area contributed by atoms with Crippen molar-refractivity contribution in [2.24, 2.45) is 5.73 Å². The molecule has 2 atom stereocenters. The summed E-state index contributed by atoms with van der Waals surface area (Å²) in [5.74, 6) is -1.11. The van der Waals surface area contributed by atoms with Crippen LogP contribution >= 0.6 is 0 Å². The summed E-state index contributed by atoms with van der Waals surface area (Å²) in [4.78, 5) is 12.0. The zero-order chi connectivity index (χ0) is 20.2. The lowest BCUT2D eigenvalue weighted by atomic mass is 9.85. The van der Waals surface area contributed by atoms with Gasteiger partial charge in [-0.3, -0.25) is 4.79 Å². The maximum absolute atomic E-state index is 12.3. The molecule has 1 saturated heterocycles. The molecule has 0 aliphatic carbocycles. The summed E-state index contributed by atoms with van der Waals surface area (Å²) in [5.41, 5.74) is 4.63. The van der Waals surface area contributed by atoms with Crippen LogP contribution in [0.2, 0.25) is 0 Å². The van der Waals surface area contributed by atoms with Gasteiger partial charge in [0.1, 0.15) is 0 Å². The number of hydrogen-bond acceptors (Lipinski definition) is 5. The molecule has 0 aromatic heterocycles. The lowest BCUT2D eigenvalue weighted by Gasteiger charge is -2.26. The van der Waals surface area contributed by atoms with Crippen molar-refractivity contribution in [3.63, 3.8) is 0 Å². The van der Waals surface area contributed by atoms with E-state index in [0.29, 0.717) is 17.7 Å². The number of ether oxygens (including phenoxy) is 1. The van der Waals surface area contributed by atoms with Gasteiger partial charge >= 0.3 is 0 Å². The molecular formula is C20H24N2O5S. The smallest absolute Gasteiger partial charge is 0.258 e. The predicted molar refractivity (Wildman–Crippen MR) is 105 cm³/mol. The summed E-state index contributed by atoms with van der Waals surface area (Å²) in [5, 5.41) is 10.9. The SMILES string of the molecule is NC(=O)C(O)(c1ccccc1)c1ccc(CS(=O)(=O)NCC2CCCO2)cc1. The number of primary amides is 1. The van der Waals surface area contributed by atoms with E-state index in [2.05, 4.69) is 4.72 Å². The third-order valence-corrected chi connectivity index (χ3v) is 6.15. The summed E-state index contributed by atoms with van der Waals surface area (Å²) >= 11 is 0. The van der Waals surface area contributed by atoms with Crippen LogP contribution in [0, 0.1) is 0 Å². The standard InChI is InChI=1S/C20H24N2O5S/c21-19(23)20(24,16-5-2-1-3-6-16)17-10-8-15(9-11-17)14-28(25,26)22-13-18-7-4-12-27-18/h1-3,5-6,8-11,18,22,24H,4,7,12-14H2,(H2,21,23). The molecule has 4 N–H and O–H groups in total. The minimum atomic E-state index is -3.52. The molecule has 0 radical (unpaired) electrons. The molecule has 1 fully saturated rings. The van der Waals surface area contributed by atoms with Crippen molar-refractivity contribution in [2.45, 2.75) is 30.3 Å². The number of hydrogen-bond donors (Lipinski definition) is 3. The van der Waals surface area contributed by atoms with E-state index < -0.39 is 21.5 Å². The lowest BCUT2D eigenvalue weighted by Crippen LogP contribution is -2.42. The van der Waals surface area contributed by atoms with Crippen LogP contribution < -0.4 is 10.5 Å². The Labute approximate surface area is 164 Å². The highest BCUT2D eigenvalue weighted by atomic mass is 32.2. The highest BCUT2D eigenvalue weighted by molar-refractivity contribution is 7.88. The molecule has 2 aromatic carbocycles. The summed E-state index contributed by atoms with van der Waals surface area (Å²) in [6.45, 7) is 0.924. The third-order valence-electron chi connectivity index (χ3n) is 4.83. The van der Waals surface area contributed by atoms with E-state index in [-0.39, 0.29) is 24.0 Å². The summed E-state index contributed by atoms with van der Waals surface area (Å²) in [7, 11) is -3.52. The molecule has 1 aliphatic rings. The number of nitrogens with one attached hydrogen (secondary N) is 1. The van der Waals surface area contributed by atoms with Gasteiger partial charge in [-0.25, -0.2) is 13.1 Å². The van der Waals surface area contributed by atoms with Gasteiger partial charge in [0.05, 0.1) is 11.9 Å². The lowest BCUT2D eigenvalue weighted by molar-refractivity contribution is -0.133. The van der Waals surface area contributed by atoms with E-state index in [4.69, 9.17) is 10.5 Å². The van der Waals surface area contributed by atoms with Crippen molar-refractivity contribution in [3.05, 3.63) is 71.3 Å². The Bertz CT molecular complexity index is 909. The second-order valence-electron chi connectivity index (χ2n) is 6.88. The molecule has 7 nitrogen and oxygen atoms in total. The Hall–Kier alpha value is -2.26. The minimum absolute atomic E-state index is 0.0754. The molecule has 1 amide bonds. The first kappa shape index (κ1) is 20.5. The fraction of sp³-hybridized carbons (Fsp3) is 0.350. The Morgan fingerprint density at radius 1 is 1.14 bits per heavy atom. The molecular weight excluding hydrogens is 380 g/mol. The first-order chi connectivity index (χ1) is 13.3. The Morgan fingerprint density at radius 2 is 1.79 bits per heavy atom. The second kappa shape index (κ2) is 8.40. The van der Waals surface area contributed by atoms with Gasteiger partial charge in [-0.2, -0.15) is 0 Å². The van der Waals surface area contributed by atoms with Gasteiger partial charge in [0.2, 0.25) is 10.0 Å². The van der Waals surface area contributed by atoms with Crippen LogP contribution in [0.4, 0.5) is 0 Å². The van der Waals surface area contributed by atoms with Crippen molar-refractivity contribution in [1.82, 2.24) is 4.72 Å². The van der Waals surface area contributed by atoms with Crippen molar-refractivity contribution >= 4 is 15.9 Å². The van der Waals surface area contributed by atoms with Gasteiger partial charge in [-0.15, -0.1) is 0 Å². The van der Waals surface area contributed by atoms with Crippen LogP contribution in [0.1, 0.15) is 29.5 Å². The fourth-order valence-electron chi connectivity index (χ4n) is 3.27. The average Bonchev–Trinajstić information content (AvgIpc) is 3.20. The molecule has 28 heavy (non-hydrogen) atoms. The van der Waals surface area contributed by atoms with E-state index in [9.17, 15) is 18.3 Å². The molecule has 0 spiro atoms. The number of carbonyl (C=O) groups is 1. The van der Waals surface area contributed by atoms with E-state index >= 15 is 0 Å². The van der Waals surface area contributed by atoms with Crippen molar-refractivity contribution in [2.75, 3.05) is 13.2 Å². The Morgan fingerprint density at radius 3 is 2.36 bits per heavy atom. The molecule has 1 heterocycles. The molecule has 0 bridgehead atoms. The monoisotopic (exact) mass is 404 g/mol. The third kappa shape index (κ3) is 4.59. The van der Waals surface area contributed by atoms with Gasteiger partial charge < -0.3 is 15.6 Å².